The van der Waals surface area contributed by atoms with E-state index in [4.69, 9.17) is 0 Å². The summed E-state index contributed by atoms with van der Waals surface area (Å²) in [5, 5.41) is 2.91. The molecule has 23 heavy (non-hydrogen) atoms. The fourth-order valence-electron chi connectivity index (χ4n) is 2.71. The number of rotatable bonds is 6. The third-order valence-corrected chi connectivity index (χ3v) is 5.41. The number of carbonyl (C=O) groups excluding carboxylic acids is 1. The highest BCUT2D eigenvalue weighted by Crippen LogP contribution is 2.04. The molecule has 0 saturated carbocycles. The molecule has 0 unspecified atom stereocenters. The zero-order valence-electron chi connectivity index (χ0n) is 13.9. The minimum atomic E-state index is -0.944. The molecule has 1 fully saturated rings. The molecule has 0 aromatic heterocycles. The van der Waals surface area contributed by atoms with Gasteiger partial charge < -0.3 is 15.1 Å². The molecule has 1 aromatic carbocycles. The highest BCUT2D eigenvalue weighted by Gasteiger charge is 2.17. The second-order valence-electron chi connectivity index (χ2n) is 5.78. The lowest BCUT2D eigenvalue weighted by Crippen LogP contribution is -2.43. The maximum Gasteiger partial charge on any atom is 0.317 e. The summed E-state index contributed by atoms with van der Waals surface area (Å²) in [6.45, 7) is 7.21. The Labute approximate surface area is 141 Å². The van der Waals surface area contributed by atoms with E-state index < -0.39 is 10.8 Å². The summed E-state index contributed by atoms with van der Waals surface area (Å²) < 4.78 is 12.0. The number of nitrogens with one attached hydrogen (secondary N) is 1. The van der Waals surface area contributed by atoms with E-state index in [0.29, 0.717) is 18.1 Å². The van der Waals surface area contributed by atoms with Gasteiger partial charge in [-0.15, -0.1) is 0 Å². The van der Waals surface area contributed by atoms with Crippen LogP contribution >= 0.6 is 0 Å². The predicted molar refractivity (Wildman–Crippen MR) is 94.9 cm³/mol. The number of hydrogen-bond donors (Lipinski definition) is 1. The maximum absolute atomic E-state index is 12.2. The Hall–Kier alpha value is -1.40. The van der Waals surface area contributed by atoms with Crippen LogP contribution in [0.15, 0.2) is 30.3 Å². The second kappa shape index (κ2) is 9.67. The van der Waals surface area contributed by atoms with E-state index in [1.165, 1.54) is 0 Å². The fraction of sp³-hybridized carbons (Fsp3) is 0.588. The van der Waals surface area contributed by atoms with E-state index in [-0.39, 0.29) is 6.03 Å². The Balaban J connectivity index is 1.67. The van der Waals surface area contributed by atoms with Gasteiger partial charge in [-0.2, -0.15) is 0 Å². The van der Waals surface area contributed by atoms with Crippen molar-refractivity contribution >= 4 is 16.8 Å². The van der Waals surface area contributed by atoms with Crippen molar-refractivity contribution in [2.45, 2.75) is 19.1 Å². The SMILES string of the molecule is CCN1CCCN(C(=O)NCC[S@](=O)Cc2ccccc2)CC1. The largest absolute Gasteiger partial charge is 0.337 e. The van der Waals surface area contributed by atoms with Crippen molar-refractivity contribution in [3.05, 3.63) is 35.9 Å². The highest BCUT2D eigenvalue weighted by molar-refractivity contribution is 7.84. The number of hydrogen-bond acceptors (Lipinski definition) is 3. The number of carbonyl (C=O) groups is 1. The van der Waals surface area contributed by atoms with E-state index in [1.807, 2.05) is 35.2 Å². The van der Waals surface area contributed by atoms with E-state index >= 15 is 0 Å². The fourth-order valence-corrected chi connectivity index (χ4v) is 3.74. The highest BCUT2D eigenvalue weighted by atomic mass is 32.2. The van der Waals surface area contributed by atoms with Crippen LogP contribution in [0.3, 0.4) is 0 Å². The zero-order valence-corrected chi connectivity index (χ0v) is 14.7. The number of benzene rings is 1. The zero-order chi connectivity index (χ0) is 16.5. The van der Waals surface area contributed by atoms with Crippen molar-refractivity contribution in [2.75, 3.05) is 45.0 Å². The van der Waals surface area contributed by atoms with Crippen LogP contribution in [-0.4, -0.2) is 65.1 Å². The minimum absolute atomic E-state index is 0.0281. The Morgan fingerprint density at radius 1 is 1.17 bits per heavy atom. The number of urea groups is 1. The average molecular weight is 337 g/mol. The third kappa shape index (κ3) is 6.31. The molecule has 128 valence electrons. The minimum Gasteiger partial charge on any atom is -0.337 e. The summed E-state index contributed by atoms with van der Waals surface area (Å²) in [6.07, 6.45) is 1.02. The molecule has 1 heterocycles. The molecule has 1 aliphatic rings. The van der Waals surface area contributed by atoms with Crippen LogP contribution in [-0.2, 0) is 16.6 Å². The number of likely N-dealkylation sites (N-methyl/N-ethyl adjacent to an activating group) is 1. The summed E-state index contributed by atoms with van der Waals surface area (Å²) in [6, 6.07) is 9.79. The van der Waals surface area contributed by atoms with Gasteiger partial charge in [0.2, 0.25) is 0 Å². The van der Waals surface area contributed by atoms with Crippen LogP contribution in [0.5, 0.6) is 0 Å². The standard InChI is InChI=1S/C17H27N3O2S/c1-2-19-10-6-11-20(13-12-19)17(21)18-9-14-23(22)15-16-7-4-3-5-8-16/h3-5,7-8H,2,6,9-15H2,1H3,(H,18,21)/t23-/m0/s1. The molecular formula is C17H27N3O2S. The molecule has 0 radical (unpaired) electrons. The van der Waals surface area contributed by atoms with Gasteiger partial charge in [0, 0.05) is 48.5 Å². The molecule has 0 aliphatic carbocycles. The summed E-state index contributed by atoms with van der Waals surface area (Å²) >= 11 is 0. The quantitative estimate of drug-likeness (QED) is 0.859. The third-order valence-electron chi connectivity index (χ3n) is 4.10. The van der Waals surface area contributed by atoms with Crippen molar-refractivity contribution in [3.63, 3.8) is 0 Å². The van der Waals surface area contributed by atoms with Crippen LogP contribution in [0.2, 0.25) is 0 Å². The second-order valence-corrected chi connectivity index (χ2v) is 7.36. The molecule has 2 amide bonds. The summed E-state index contributed by atoms with van der Waals surface area (Å²) in [7, 11) is -0.944. The summed E-state index contributed by atoms with van der Waals surface area (Å²) in [4.78, 5) is 16.4. The van der Waals surface area contributed by atoms with Gasteiger partial charge in [0.05, 0.1) is 0 Å². The molecule has 1 saturated heterocycles. The molecule has 1 aromatic rings. The van der Waals surface area contributed by atoms with Gasteiger partial charge in [0.25, 0.3) is 0 Å². The summed E-state index contributed by atoms with van der Waals surface area (Å²) in [5.74, 6) is 1.04. The first kappa shape index (κ1) is 17.9. The lowest BCUT2D eigenvalue weighted by atomic mass is 10.2. The number of amides is 2. The van der Waals surface area contributed by atoms with Crippen LogP contribution in [0.25, 0.3) is 0 Å². The normalized spacial score (nSPS) is 17.5. The molecular weight excluding hydrogens is 310 g/mol. The van der Waals surface area contributed by atoms with Crippen molar-refractivity contribution in [3.8, 4) is 0 Å². The average Bonchev–Trinajstić information content (AvgIpc) is 2.81. The Kier molecular flexibility index (Phi) is 7.55. The molecule has 5 nitrogen and oxygen atoms in total. The van der Waals surface area contributed by atoms with Crippen LogP contribution in [0.4, 0.5) is 4.79 Å². The smallest absolute Gasteiger partial charge is 0.317 e. The first-order chi connectivity index (χ1) is 11.2. The Morgan fingerprint density at radius 3 is 2.70 bits per heavy atom. The van der Waals surface area contributed by atoms with E-state index in [0.717, 1.165) is 44.7 Å². The predicted octanol–water partition coefficient (Wildman–Crippen LogP) is 1.67. The van der Waals surface area contributed by atoms with Gasteiger partial charge in [0.15, 0.2) is 0 Å². The maximum atomic E-state index is 12.2. The van der Waals surface area contributed by atoms with Gasteiger partial charge in [-0.3, -0.25) is 4.21 Å². The first-order valence-electron chi connectivity index (χ1n) is 8.33. The van der Waals surface area contributed by atoms with Crippen molar-refractivity contribution in [1.82, 2.24) is 15.1 Å². The van der Waals surface area contributed by atoms with Crippen molar-refractivity contribution in [2.24, 2.45) is 0 Å². The Bertz CT molecular complexity index is 510. The first-order valence-corrected chi connectivity index (χ1v) is 9.82. The van der Waals surface area contributed by atoms with Crippen LogP contribution in [0, 0.1) is 0 Å². The van der Waals surface area contributed by atoms with E-state index in [1.54, 1.807) is 0 Å². The van der Waals surface area contributed by atoms with Gasteiger partial charge in [-0.05, 0) is 25.1 Å². The molecule has 6 heteroatoms. The van der Waals surface area contributed by atoms with Gasteiger partial charge in [0.1, 0.15) is 0 Å². The lowest BCUT2D eigenvalue weighted by Gasteiger charge is -2.21. The molecule has 1 aliphatic heterocycles. The van der Waals surface area contributed by atoms with Crippen molar-refractivity contribution < 1.29 is 9.00 Å². The lowest BCUT2D eigenvalue weighted by molar-refractivity contribution is 0.199. The van der Waals surface area contributed by atoms with Crippen LogP contribution in [0.1, 0.15) is 18.9 Å². The van der Waals surface area contributed by atoms with Gasteiger partial charge in [-0.25, -0.2) is 4.79 Å². The summed E-state index contributed by atoms with van der Waals surface area (Å²) in [5.41, 5.74) is 1.07. The molecule has 0 spiro atoms. The topological polar surface area (TPSA) is 52.6 Å². The van der Waals surface area contributed by atoms with E-state index in [9.17, 15) is 9.00 Å². The Morgan fingerprint density at radius 2 is 1.96 bits per heavy atom. The molecule has 2 rings (SSSR count). The van der Waals surface area contributed by atoms with Crippen molar-refractivity contribution in [1.29, 1.82) is 0 Å². The molecule has 1 N–H and O–H groups in total. The number of nitrogens with zero attached hydrogens (tertiary/aromatic N) is 2. The van der Waals surface area contributed by atoms with E-state index in [2.05, 4.69) is 17.1 Å². The van der Waals surface area contributed by atoms with Crippen LogP contribution < -0.4 is 5.32 Å². The molecule has 1 atom stereocenters. The molecule has 0 bridgehead atoms. The van der Waals surface area contributed by atoms with Gasteiger partial charge >= 0.3 is 6.03 Å². The van der Waals surface area contributed by atoms with Gasteiger partial charge in [-0.1, -0.05) is 37.3 Å². The monoisotopic (exact) mass is 337 g/mol.